The number of hydrogen-bond donors (Lipinski definition) is 0. The molecule has 2 rings (SSSR count). The fraction of sp³-hybridized carbons (Fsp3) is 0. The van der Waals surface area contributed by atoms with Crippen LogP contribution in [-0.4, -0.2) is 17.3 Å². The zero-order chi connectivity index (χ0) is 6.27. The van der Waals surface area contributed by atoms with Gasteiger partial charge in [-0.2, -0.15) is 4.99 Å². The maximum absolute atomic E-state index is 10.5. The Bertz CT molecular complexity index is 264. The summed E-state index contributed by atoms with van der Waals surface area (Å²) in [5.74, 6) is 0.574. The number of aliphatic imine (C=N–C) groups is 2. The summed E-state index contributed by atoms with van der Waals surface area (Å²) in [6.07, 6.45) is 3.43. The lowest BCUT2D eigenvalue weighted by molar-refractivity contribution is 0.268. The quantitative estimate of drug-likeness (QED) is 0.505. The molecule has 0 aromatic rings. The zero-order valence-corrected chi connectivity index (χ0v) is 5.18. The highest BCUT2D eigenvalue weighted by molar-refractivity contribution is 8.18. The summed E-state index contributed by atoms with van der Waals surface area (Å²) in [6.45, 7) is 0. The van der Waals surface area contributed by atoms with Gasteiger partial charge in [-0.25, -0.2) is 4.99 Å². The molecule has 0 aromatic carbocycles. The lowest BCUT2D eigenvalue weighted by atomic mass is 10.5. The van der Waals surface area contributed by atoms with E-state index >= 15 is 0 Å². The molecule has 0 saturated carbocycles. The van der Waals surface area contributed by atoms with Crippen molar-refractivity contribution in [2.45, 2.75) is 0 Å². The van der Waals surface area contributed by atoms with Crippen LogP contribution in [0.3, 0.4) is 0 Å². The summed E-state index contributed by atoms with van der Waals surface area (Å²) in [6, 6.07) is 0. The number of thioether (sulfide) groups is 1. The van der Waals surface area contributed by atoms with Gasteiger partial charge < -0.3 is 0 Å². The predicted molar refractivity (Wildman–Crippen MR) is 37.0 cm³/mol. The van der Waals surface area contributed by atoms with E-state index in [4.69, 9.17) is 0 Å². The molecule has 1 amide bonds. The van der Waals surface area contributed by atoms with Crippen LogP contribution in [0.25, 0.3) is 0 Å². The third-order valence-corrected chi connectivity index (χ3v) is 1.84. The molecule has 0 fully saturated rings. The maximum atomic E-state index is 10.5. The monoisotopic (exact) mass is 138 g/mol. The van der Waals surface area contributed by atoms with E-state index < -0.39 is 0 Å². The number of allylic oxidation sites excluding steroid dienone is 1. The van der Waals surface area contributed by atoms with Gasteiger partial charge in [-0.3, -0.25) is 4.79 Å². The molecule has 0 spiro atoms. The third-order valence-electron chi connectivity index (χ3n) is 1.04. The minimum absolute atomic E-state index is 0.159. The van der Waals surface area contributed by atoms with Crippen molar-refractivity contribution in [3.63, 3.8) is 0 Å². The first kappa shape index (κ1) is 4.93. The Morgan fingerprint density at radius 3 is 3.22 bits per heavy atom. The van der Waals surface area contributed by atoms with E-state index in [2.05, 4.69) is 9.98 Å². The van der Waals surface area contributed by atoms with Crippen molar-refractivity contribution in [3.05, 3.63) is 11.0 Å². The minimum atomic E-state index is -0.159. The number of carbonyl (C=O) groups is 1. The molecule has 0 saturated heterocycles. The fourth-order valence-corrected chi connectivity index (χ4v) is 1.32. The number of amides is 1. The molecule has 2 heterocycles. The second kappa shape index (κ2) is 1.54. The minimum Gasteiger partial charge on any atom is -0.259 e. The maximum Gasteiger partial charge on any atom is 0.311 e. The van der Waals surface area contributed by atoms with E-state index in [0.717, 1.165) is 16.7 Å². The van der Waals surface area contributed by atoms with Crippen LogP contribution in [0.2, 0.25) is 0 Å². The summed E-state index contributed by atoms with van der Waals surface area (Å²) in [4.78, 5) is 18.9. The lowest BCUT2D eigenvalue weighted by Crippen LogP contribution is -1.81. The zero-order valence-electron chi connectivity index (χ0n) is 4.37. The van der Waals surface area contributed by atoms with Crippen LogP contribution in [0.15, 0.2) is 21.0 Å². The summed E-state index contributed by atoms with van der Waals surface area (Å²) < 4.78 is 0. The van der Waals surface area contributed by atoms with Crippen LogP contribution >= 0.6 is 11.8 Å². The number of rotatable bonds is 0. The molecule has 0 aliphatic carbocycles. The summed E-state index contributed by atoms with van der Waals surface area (Å²) in [7, 11) is 0. The molecule has 0 atom stereocenters. The van der Waals surface area contributed by atoms with Crippen LogP contribution in [-0.2, 0) is 0 Å². The van der Waals surface area contributed by atoms with E-state index in [1.54, 1.807) is 12.3 Å². The number of carbonyl (C=O) groups excluding carboxylic acids is 1. The Morgan fingerprint density at radius 2 is 2.44 bits per heavy atom. The molecule has 0 bridgehead atoms. The molecule has 0 aromatic heterocycles. The summed E-state index contributed by atoms with van der Waals surface area (Å²) in [5.41, 5.74) is 0. The lowest BCUT2D eigenvalue weighted by Gasteiger charge is -1.80. The Kier molecular flexibility index (Phi) is 0.843. The molecule has 0 unspecified atom stereocenters. The number of hydrogen-bond acceptors (Lipinski definition) is 3. The Hall–Kier alpha value is -0.900. The van der Waals surface area contributed by atoms with Gasteiger partial charge in [0, 0.05) is 6.21 Å². The largest absolute Gasteiger partial charge is 0.311 e. The summed E-state index contributed by atoms with van der Waals surface area (Å²) in [5, 5.41) is -0.159. The van der Waals surface area contributed by atoms with Crippen LogP contribution in [0, 0.1) is 0 Å². The number of fused-ring (bicyclic) bond motifs is 1. The first-order valence-corrected chi connectivity index (χ1v) is 3.23. The van der Waals surface area contributed by atoms with Gasteiger partial charge in [0.05, 0.1) is 4.91 Å². The predicted octanol–water partition coefficient (Wildman–Crippen LogP) is 1.22. The van der Waals surface area contributed by atoms with E-state index in [-0.39, 0.29) is 5.24 Å². The molecule has 44 valence electrons. The van der Waals surface area contributed by atoms with E-state index in [0.29, 0.717) is 5.84 Å². The van der Waals surface area contributed by atoms with Gasteiger partial charge in [0.1, 0.15) is 0 Å². The van der Waals surface area contributed by atoms with Gasteiger partial charge in [-0.05, 0) is 17.8 Å². The highest BCUT2D eigenvalue weighted by Gasteiger charge is 2.22. The van der Waals surface area contributed by atoms with Crippen molar-refractivity contribution in [2.24, 2.45) is 9.98 Å². The van der Waals surface area contributed by atoms with Crippen LogP contribution in [0.4, 0.5) is 4.79 Å². The molecular weight excluding hydrogens is 136 g/mol. The second-order valence-corrected chi connectivity index (χ2v) is 2.61. The van der Waals surface area contributed by atoms with Gasteiger partial charge in [-0.1, -0.05) is 0 Å². The van der Waals surface area contributed by atoms with Crippen LogP contribution in [0.1, 0.15) is 0 Å². The molecule has 9 heavy (non-hydrogen) atoms. The van der Waals surface area contributed by atoms with Crippen molar-refractivity contribution < 1.29 is 4.79 Å². The molecule has 0 N–H and O–H groups in total. The normalized spacial score (nSPS) is 22.0. The third kappa shape index (κ3) is 0.632. The van der Waals surface area contributed by atoms with Crippen molar-refractivity contribution in [2.75, 3.05) is 0 Å². The molecule has 4 heteroatoms. The van der Waals surface area contributed by atoms with Crippen LogP contribution < -0.4 is 0 Å². The topological polar surface area (TPSA) is 41.8 Å². The average Bonchev–Trinajstić information content (AvgIpc) is 2.22. The van der Waals surface area contributed by atoms with Crippen molar-refractivity contribution >= 4 is 29.1 Å². The Balaban J connectivity index is 2.51. The fourth-order valence-electron chi connectivity index (χ4n) is 0.681. The van der Waals surface area contributed by atoms with E-state index in [1.807, 2.05) is 0 Å². The van der Waals surface area contributed by atoms with Crippen LogP contribution in [0.5, 0.6) is 0 Å². The van der Waals surface area contributed by atoms with Gasteiger partial charge in [0.25, 0.3) is 0 Å². The van der Waals surface area contributed by atoms with E-state index in [9.17, 15) is 4.79 Å². The second-order valence-electron chi connectivity index (χ2n) is 1.61. The molecule has 2 aliphatic heterocycles. The highest BCUT2D eigenvalue weighted by Crippen LogP contribution is 2.29. The first-order valence-electron chi connectivity index (χ1n) is 2.41. The molecule has 2 aliphatic rings. The average molecular weight is 138 g/mol. The Labute approximate surface area is 55.6 Å². The van der Waals surface area contributed by atoms with Crippen molar-refractivity contribution in [1.29, 1.82) is 0 Å². The van der Waals surface area contributed by atoms with Gasteiger partial charge in [-0.15, -0.1) is 0 Å². The van der Waals surface area contributed by atoms with Crippen molar-refractivity contribution in [3.8, 4) is 0 Å². The molecule has 0 radical (unpaired) electrons. The Morgan fingerprint density at radius 1 is 1.56 bits per heavy atom. The molecule has 3 nitrogen and oxygen atoms in total. The van der Waals surface area contributed by atoms with Gasteiger partial charge in [0.15, 0.2) is 5.84 Å². The summed E-state index contributed by atoms with van der Waals surface area (Å²) >= 11 is 1.13. The van der Waals surface area contributed by atoms with Gasteiger partial charge >= 0.3 is 5.24 Å². The number of amidine groups is 1. The SMILES string of the molecule is O=C1N=C2N=CC=C2S1. The van der Waals surface area contributed by atoms with E-state index in [1.165, 1.54) is 0 Å². The first-order chi connectivity index (χ1) is 4.36. The van der Waals surface area contributed by atoms with Gasteiger partial charge in [0.2, 0.25) is 0 Å². The smallest absolute Gasteiger partial charge is 0.259 e. The highest BCUT2D eigenvalue weighted by atomic mass is 32.2. The number of nitrogens with zero attached hydrogens (tertiary/aromatic N) is 2. The van der Waals surface area contributed by atoms with Crippen molar-refractivity contribution in [1.82, 2.24) is 0 Å². The molecular formula is C5H2N2OS. The standard InChI is InChI=1S/C5H2N2OS/c8-5-7-4-3(9-5)1-2-6-4/h1-2H.